The largest absolute Gasteiger partial charge is 0.497 e. The van der Waals surface area contributed by atoms with E-state index in [0.29, 0.717) is 17.2 Å². The lowest BCUT2D eigenvalue weighted by Crippen LogP contribution is -2.36. The number of carbonyl (C=O) groups is 2. The number of amides is 1. The van der Waals surface area contributed by atoms with Crippen molar-refractivity contribution >= 4 is 17.6 Å². The van der Waals surface area contributed by atoms with Gasteiger partial charge in [-0.1, -0.05) is 13.8 Å². The third kappa shape index (κ3) is 4.37. The average molecular weight is 295 g/mol. The van der Waals surface area contributed by atoms with Gasteiger partial charge in [-0.3, -0.25) is 9.59 Å². The minimum atomic E-state index is -0.960. The van der Waals surface area contributed by atoms with E-state index in [4.69, 9.17) is 14.6 Å². The Kier molecular flexibility index (Phi) is 6.02. The fourth-order valence-corrected chi connectivity index (χ4v) is 1.88. The summed E-state index contributed by atoms with van der Waals surface area (Å²) in [5.41, 5.74) is 0.511. The Morgan fingerprint density at radius 2 is 1.90 bits per heavy atom. The van der Waals surface area contributed by atoms with E-state index in [9.17, 15) is 9.59 Å². The summed E-state index contributed by atoms with van der Waals surface area (Å²) in [6, 6.07) is 5.08. The van der Waals surface area contributed by atoms with Crippen molar-refractivity contribution in [2.24, 2.45) is 5.92 Å². The van der Waals surface area contributed by atoms with Gasteiger partial charge in [0.1, 0.15) is 11.5 Å². The van der Waals surface area contributed by atoms with Crippen molar-refractivity contribution < 1.29 is 24.2 Å². The van der Waals surface area contributed by atoms with Crippen LogP contribution in [0.25, 0.3) is 0 Å². The number of carboxylic acid groups (broad SMARTS) is 1. The molecular formula is C15H21NO5. The fraction of sp³-hybridized carbons (Fsp3) is 0.467. The number of rotatable bonds is 7. The molecule has 21 heavy (non-hydrogen) atoms. The fourth-order valence-electron chi connectivity index (χ4n) is 1.88. The molecule has 0 aliphatic rings. The maximum absolute atomic E-state index is 12.4. The third-order valence-corrected chi connectivity index (χ3v) is 2.99. The van der Waals surface area contributed by atoms with Crippen LogP contribution in [-0.4, -0.2) is 37.7 Å². The van der Waals surface area contributed by atoms with E-state index in [1.807, 2.05) is 0 Å². The predicted octanol–water partition coefficient (Wildman–Crippen LogP) is 2.17. The highest BCUT2D eigenvalue weighted by molar-refractivity contribution is 5.96. The van der Waals surface area contributed by atoms with Crippen LogP contribution in [0.1, 0.15) is 20.3 Å². The topological polar surface area (TPSA) is 76.1 Å². The zero-order valence-electron chi connectivity index (χ0n) is 12.8. The van der Waals surface area contributed by atoms with Crippen molar-refractivity contribution in [3.05, 3.63) is 18.2 Å². The number of hydrogen-bond donors (Lipinski definition) is 1. The highest BCUT2D eigenvalue weighted by Gasteiger charge is 2.23. The lowest BCUT2D eigenvalue weighted by atomic mass is 10.1. The molecule has 0 unspecified atom stereocenters. The molecule has 6 heteroatoms. The van der Waals surface area contributed by atoms with Gasteiger partial charge in [-0.05, 0) is 12.1 Å². The van der Waals surface area contributed by atoms with Crippen molar-refractivity contribution in [3.8, 4) is 11.5 Å². The molecule has 0 saturated carbocycles. The summed E-state index contributed by atoms with van der Waals surface area (Å²) in [6.45, 7) is 3.61. The van der Waals surface area contributed by atoms with Gasteiger partial charge >= 0.3 is 5.97 Å². The number of methoxy groups -OCH3 is 2. The molecule has 0 spiro atoms. The number of hydrogen-bond acceptors (Lipinski definition) is 4. The van der Waals surface area contributed by atoms with Gasteiger partial charge < -0.3 is 19.5 Å². The van der Waals surface area contributed by atoms with Gasteiger partial charge in [0.05, 0.1) is 26.3 Å². The number of anilines is 1. The van der Waals surface area contributed by atoms with Crippen LogP contribution in [0.3, 0.4) is 0 Å². The zero-order valence-corrected chi connectivity index (χ0v) is 12.8. The Bertz CT molecular complexity index is 513. The third-order valence-electron chi connectivity index (χ3n) is 2.99. The van der Waals surface area contributed by atoms with Gasteiger partial charge in [0.2, 0.25) is 5.91 Å². The van der Waals surface area contributed by atoms with E-state index >= 15 is 0 Å². The quantitative estimate of drug-likeness (QED) is 0.834. The minimum Gasteiger partial charge on any atom is -0.497 e. The van der Waals surface area contributed by atoms with Crippen molar-refractivity contribution in [2.75, 3.05) is 25.7 Å². The summed E-state index contributed by atoms with van der Waals surface area (Å²) in [6.07, 6.45) is -0.140. The molecule has 0 aliphatic heterocycles. The summed E-state index contributed by atoms with van der Waals surface area (Å²) < 4.78 is 10.4. The normalized spacial score (nSPS) is 10.3. The lowest BCUT2D eigenvalue weighted by Gasteiger charge is -2.26. The van der Waals surface area contributed by atoms with Gasteiger partial charge in [0, 0.05) is 18.5 Å². The number of aliphatic carboxylic acids is 1. The second-order valence-corrected chi connectivity index (χ2v) is 4.83. The van der Waals surface area contributed by atoms with E-state index in [2.05, 4.69) is 0 Å². The Morgan fingerprint density at radius 3 is 2.38 bits per heavy atom. The summed E-state index contributed by atoms with van der Waals surface area (Å²) in [5, 5.41) is 8.86. The van der Waals surface area contributed by atoms with E-state index in [0.717, 1.165) is 0 Å². The second kappa shape index (κ2) is 7.52. The lowest BCUT2D eigenvalue weighted by molar-refractivity contribution is -0.136. The number of carboxylic acids is 1. The highest BCUT2D eigenvalue weighted by Crippen LogP contribution is 2.33. The first-order valence-electron chi connectivity index (χ1n) is 6.66. The average Bonchev–Trinajstić information content (AvgIpc) is 2.46. The van der Waals surface area contributed by atoms with Crippen LogP contribution in [0.5, 0.6) is 11.5 Å². The molecule has 0 bridgehead atoms. The standard InChI is InChI=1S/C15H21NO5/c1-10(2)15(19)16(8-7-14(17)18)12-9-11(20-3)5-6-13(12)21-4/h5-6,9-10H,7-8H2,1-4H3,(H,17,18). The second-order valence-electron chi connectivity index (χ2n) is 4.83. The maximum Gasteiger partial charge on any atom is 0.305 e. The molecule has 0 saturated heterocycles. The Hall–Kier alpha value is -2.24. The van der Waals surface area contributed by atoms with Crippen LogP contribution in [0.15, 0.2) is 18.2 Å². The van der Waals surface area contributed by atoms with Crippen LogP contribution in [0, 0.1) is 5.92 Å². The molecule has 1 rings (SSSR count). The molecule has 116 valence electrons. The zero-order chi connectivity index (χ0) is 16.0. The predicted molar refractivity (Wildman–Crippen MR) is 79.0 cm³/mol. The molecule has 0 fully saturated rings. The first-order valence-corrected chi connectivity index (χ1v) is 6.66. The van der Waals surface area contributed by atoms with Gasteiger partial charge in [-0.25, -0.2) is 0 Å². The summed E-state index contributed by atoms with van der Waals surface area (Å²) in [4.78, 5) is 24.6. The number of ether oxygens (including phenoxy) is 2. The molecule has 1 amide bonds. The summed E-state index contributed by atoms with van der Waals surface area (Å²) in [7, 11) is 3.03. The first-order chi connectivity index (χ1) is 9.90. The van der Waals surface area contributed by atoms with Crippen molar-refractivity contribution in [1.29, 1.82) is 0 Å². The van der Waals surface area contributed by atoms with Gasteiger partial charge in [0.25, 0.3) is 0 Å². The number of carbonyl (C=O) groups excluding carboxylic acids is 1. The molecule has 1 aromatic carbocycles. The van der Waals surface area contributed by atoms with Crippen LogP contribution in [-0.2, 0) is 9.59 Å². The summed E-state index contributed by atoms with van der Waals surface area (Å²) in [5.74, 6) is -0.311. The Labute approximate surface area is 124 Å². The van der Waals surface area contributed by atoms with Gasteiger partial charge in [0.15, 0.2) is 0 Å². The smallest absolute Gasteiger partial charge is 0.305 e. The molecule has 6 nitrogen and oxygen atoms in total. The van der Waals surface area contributed by atoms with E-state index in [1.165, 1.54) is 19.1 Å². The van der Waals surface area contributed by atoms with E-state index in [-0.39, 0.29) is 24.8 Å². The molecular weight excluding hydrogens is 274 g/mol. The molecule has 1 aromatic rings. The number of nitrogens with zero attached hydrogens (tertiary/aromatic N) is 1. The van der Waals surface area contributed by atoms with Gasteiger partial charge in [-0.15, -0.1) is 0 Å². The Balaban J connectivity index is 3.22. The van der Waals surface area contributed by atoms with E-state index < -0.39 is 5.97 Å². The van der Waals surface area contributed by atoms with Gasteiger partial charge in [-0.2, -0.15) is 0 Å². The molecule has 0 aliphatic carbocycles. The maximum atomic E-state index is 12.4. The van der Waals surface area contributed by atoms with Crippen LogP contribution in [0.4, 0.5) is 5.69 Å². The molecule has 0 radical (unpaired) electrons. The highest BCUT2D eigenvalue weighted by atomic mass is 16.5. The monoisotopic (exact) mass is 295 g/mol. The van der Waals surface area contributed by atoms with Crippen molar-refractivity contribution in [2.45, 2.75) is 20.3 Å². The Morgan fingerprint density at radius 1 is 1.24 bits per heavy atom. The van der Waals surface area contributed by atoms with Crippen LogP contribution in [0.2, 0.25) is 0 Å². The van der Waals surface area contributed by atoms with Crippen molar-refractivity contribution in [1.82, 2.24) is 0 Å². The molecule has 1 N–H and O–H groups in total. The van der Waals surface area contributed by atoms with Crippen molar-refractivity contribution in [3.63, 3.8) is 0 Å². The SMILES string of the molecule is COc1ccc(OC)c(N(CCC(=O)O)C(=O)C(C)C)c1. The number of benzene rings is 1. The summed E-state index contributed by atoms with van der Waals surface area (Å²) >= 11 is 0. The molecule has 0 atom stereocenters. The molecule has 0 heterocycles. The first kappa shape index (κ1) is 16.8. The van der Waals surface area contributed by atoms with Crippen LogP contribution >= 0.6 is 0 Å². The molecule has 0 aromatic heterocycles. The van der Waals surface area contributed by atoms with Crippen LogP contribution < -0.4 is 14.4 Å². The van der Waals surface area contributed by atoms with E-state index in [1.54, 1.807) is 32.0 Å². The minimum absolute atomic E-state index is 0.0792.